The maximum atomic E-state index is 15.5. The molecule has 0 radical (unpaired) electrons. The summed E-state index contributed by atoms with van der Waals surface area (Å²) in [6, 6.07) is 9.52. The second kappa shape index (κ2) is 9.20. The van der Waals surface area contributed by atoms with Crippen LogP contribution < -0.4 is 39.6 Å². The first kappa shape index (κ1) is 24.5. The smallest absolute Gasteiger partial charge is 0.231 e. The number of halogens is 1. The van der Waals surface area contributed by atoms with E-state index in [0.29, 0.717) is 37.6 Å². The van der Waals surface area contributed by atoms with Gasteiger partial charge in [-0.2, -0.15) is 0 Å². The van der Waals surface area contributed by atoms with E-state index in [1.807, 2.05) is 52.0 Å². The Morgan fingerprint density at radius 1 is 0.735 bits per heavy atom. The molecule has 0 N–H and O–H groups in total. The first-order valence-corrected chi connectivity index (χ1v) is 13.3. The van der Waals surface area contributed by atoms with Gasteiger partial charge < -0.3 is 28.2 Å². The molecule has 0 spiro atoms. The number of hydrogen-bond acceptors (Lipinski definition) is 6. The lowest BCUT2D eigenvalue weighted by Gasteiger charge is -2.25. The molecule has 0 aromatic heterocycles. The fourth-order valence-electron chi connectivity index (χ4n) is 4.66. The summed E-state index contributed by atoms with van der Waals surface area (Å²) in [5.41, 5.74) is 3.62. The molecule has 0 bridgehead atoms. The maximum Gasteiger partial charge on any atom is 0.231 e. The molecule has 8 heteroatoms. The van der Waals surface area contributed by atoms with Crippen molar-refractivity contribution in [2.75, 3.05) is 28.1 Å². The number of hydrogen-bond donors (Lipinski definition) is 0. The summed E-state index contributed by atoms with van der Waals surface area (Å²) in [6.07, 6.45) is 0. The van der Waals surface area contributed by atoms with E-state index >= 15 is 4.57 Å². The molecule has 3 aromatic rings. The fraction of sp³-hybridized carbons (Fsp3) is 0.308. The topological polar surface area (TPSA) is 63.2 Å². The fourth-order valence-corrected chi connectivity index (χ4v) is 8.86. The monoisotopic (exact) mass is 546 g/mol. The third kappa shape index (κ3) is 3.75. The molecule has 0 fully saturated rings. The van der Waals surface area contributed by atoms with Crippen LogP contribution in [0.15, 0.2) is 34.8 Å². The number of fused-ring (bicyclic) bond motifs is 1. The summed E-state index contributed by atoms with van der Waals surface area (Å²) in [5, 5.41) is 1.95. The molecule has 0 saturated heterocycles. The number of ether oxygens (including phenoxy) is 5. The van der Waals surface area contributed by atoms with Gasteiger partial charge >= 0.3 is 0 Å². The van der Waals surface area contributed by atoms with Crippen LogP contribution in [-0.4, -0.2) is 28.1 Å². The minimum Gasteiger partial charge on any atom is -0.496 e. The van der Waals surface area contributed by atoms with E-state index in [9.17, 15) is 0 Å². The highest BCUT2D eigenvalue weighted by atomic mass is 79.9. The zero-order chi connectivity index (χ0) is 24.8. The van der Waals surface area contributed by atoms with Gasteiger partial charge in [0.25, 0.3) is 0 Å². The van der Waals surface area contributed by atoms with Crippen molar-refractivity contribution in [2.24, 2.45) is 0 Å². The van der Waals surface area contributed by atoms with Gasteiger partial charge in [-0.15, -0.1) is 0 Å². The Morgan fingerprint density at radius 2 is 1.18 bits per heavy atom. The van der Waals surface area contributed by atoms with Crippen molar-refractivity contribution in [1.82, 2.24) is 0 Å². The molecule has 0 atom stereocenters. The van der Waals surface area contributed by atoms with Crippen LogP contribution in [0.2, 0.25) is 0 Å². The molecule has 1 aliphatic rings. The highest BCUT2D eigenvalue weighted by Crippen LogP contribution is 2.53. The average Bonchev–Trinajstić information content (AvgIpc) is 3.29. The van der Waals surface area contributed by atoms with Crippen LogP contribution in [0.3, 0.4) is 0 Å². The normalized spacial score (nSPS) is 12.6. The second-order valence-corrected chi connectivity index (χ2v) is 11.8. The highest BCUT2D eigenvalue weighted by Gasteiger charge is 2.38. The van der Waals surface area contributed by atoms with Gasteiger partial charge in [0, 0.05) is 15.9 Å². The average molecular weight is 547 g/mol. The minimum absolute atomic E-state index is 0.0690. The molecular formula is C26H28BrO6P. The van der Waals surface area contributed by atoms with Crippen LogP contribution in [0.1, 0.15) is 22.3 Å². The molecule has 0 aliphatic carbocycles. The van der Waals surface area contributed by atoms with E-state index in [1.54, 1.807) is 27.4 Å². The molecule has 4 rings (SSSR count). The Bertz CT molecular complexity index is 1220. The van der Waals surface area contributed by atoms with Crippen molar-refractivity contribution in [3.63, 3.8) is 0 Å². The van der Waals surface area contributed by atoms with Gasteiger partial charge in [-0.3, -0.25) is 0 Å². The van der Waals surface area contributed by atoms with Gasteiger partial charge in [0.2, 0.25) is 12.5 Å². The Balaban J connectivity index is 2.11. The largest absolute Gasteiger partial charge is 0.496 e. The van der Waals surface area contributed by atoms with Crippen molar-refractivity contribution in [3.05, 3.63) is 57.1 Å². The summed E-state index contributed by atoms with van der Waals surface area (Å²) in [4.78, 5) is 0. The van der Waals surface area contributed by atoms with E-state index in [-0.39, 0.29) is 6.79 Å². The zero-order valence-electron chi connectivity index (χ0n) is 20.4. The van der Waals surface area contributed by atoms with Gasteiger partial charge in [0.15, 0.2) is 18.6 Å². The van der Waals surface area contributed by atoms with Crippen molar-refractivity contribution in [2.45, 2.75) is 27.7 Å². The summed E-state index contributed by atoms with van der Waals surface area (Å²) in [7, 11) is 1.42. The lowest BCUT2D eigenvalue weighted by Crippen LogP contribution is -2.27. The van der Waals surface area contributed by atoms with Crippen molar-refractivity contribution < 1.29 is 28.2 Å². The Labute approximate surface area is 208 Å². The highest BCUT2D eigenvalue weighted by molar-refractivity contribution is 9.10. The molecular weight excluding hydrogens is 519 g/mol. The van der Waals surface area contributed by atoms with Gasteiger partial charge in [-0.05, 0) is 96.2 Å². The molecule has 6 nitrogen and oxygen atoms in total. The summed E-state index contributed by atoms with van der Waals surface area (Å²) in [6.45, 7) is 7.90. The zero-order valence-corrected chi connectivity index (χ0v) is 22.8. The standard InChI is InChI=1S/C26H28BrO6P/c1-14-8-18(9-15(2)23(14)30-6)34(28,19-10-16(3)24(31-7)17(4)11-19)21-12-20(29-5)25-26(22(21)27)33-13-32-25/h8-12H,13H2,1-7H3. The first-order valence-electron chi connectivity index (χ1n) is 10.8. The Morgan fingerprint density at radius 3 is 1.59 bits per heavy atom. The Hall–Kier alpha value is -2.63. The predicted molar refractivity (Wildman–Crippen MR) is 138 cm³/mol. The summed E-state index contributed by atoms with van der Waals surface area (Å²) < 4.78 is 44.1. The van der Waals surface area contributed by atoms with Gasteiger partial charge in [0.1, 0.15) is 11.5 Å². The molecule has 0 unspecified atom stereocenters. The second-order valence-electron chi connectivity index (χ2n) is 8.31. The molecule has 1 aliphatic heterocycles. The van der Waals surface area contributed by atoms with Crippen LogP contribution in [0, 0.1) is 27.7 Å². The quantitative estimate of drug-likeness (QED) is 0.402. The predicted octanol–water partition coefficient (Wildman–Crippen LogP) is 5.08. The third-order valence-electron chi connectivity index (χ3n) is 6.11. The molecule has 1 heterocycles. The van der Waals surface area contributed by atoms with E-state index in [0.717, 1.165) is 33.8 Å². The first-order chi connectivity index (χ1) is 16.2. The number of rotatable bonds is 6. The van der Waals surface area contributed by atoms with Crippen LogP contribution in [0.4, 0.5) is 0 Å². The van der Waals surface area contributed by atoms with E-state index < -0.39 is 7.14 Å². The lowest BCUT2D eigenvalue weighted by molar-refractivity contribution is 0.170. The number of benzene rings is 3. The van der Waals surface area contributed by atoms with E-state index in [1.165, 1.54) is 0 Å². The molecule has 180 valence electrons. The van der Waals surface area contributed by atoms with E-state index in [2.05, 4.69) is 15.9 Å². The third-order valence-corrected chi connectivity index (χ3v) is 10.2. The SMILES string of the molecule is COc1cc(P(=O)(c2cc(C)c(OC)c(C)c2)c2cc(C)c(OC)c(C)c2)c(Br)c2c1OCO2. The van der Waals surface area contributed by atoms with Crippen LogP contribution in [0.25, 0.3) is 0 Å². The molecule has 34 heavy (non-hydrogen) atoms. The molecule has 0 saturated carbocycles. The molecule has 3 aromatic carbocycles. The number of aryl methyl sites for hydroxylation is 4. The van der Waals surface area contributed by atoms with Gasteiger partial charge in [0.05, 0.1) is 25.8 Å². The van der Waals surface area contributed by atoms with Crippen molar-refractivity contribution in [3.8, 4) is 28.7 Å². The summed E-state index contributed by atoms with van der Waals surface area (Å²) >= 11 is 3.67. The van der Waals surface area contributed by atoms with Gasteiger partial charge in [-0.1, -0.05) is 0 Å². The van der Waals surface area contributed by atoms with Crippen molar-refractivity contribution in [1.29, 1.82) is 0 Å². The van der Waals surface area contributed by atoms with E-state index in [4.69, 9.17) is 23.7 Å². The minimum atomic E-state index is -3.43. The maximum absolute atomic E-state index is 15.5. The van der Waals surface area contributed by atoms with Gasteiger partial charge in [-0.25, -0.2) is 0 Å². The van der Waals surface area contributed by atoms with Crippen molar-refractivity contribution >= 4 is 39.0 Å². The summed E-state index contributed by atoms with van der Waals surface area (Å²) in [5.74, 6) is 3.00. The Kier molecular flexibility index (Phi) is 6.63. The molecule has 0 amide bonds. The van der Waals surface area contributed by atoms with Crippen LogP contribution >= 0.6 is 23.1 Å². The number of methoxy groups -OCH3 is 3. The lowest BCUT2D eigenvalue weighted by atomic mass is 10.1. The van der Waals surface area contributed by atoms with Crippen LogP contribution in [0.5, 0.6) is 28.7 Å². The van der Waals surface area contributed by atoms with Crippen LogP contribution in [-0.2, 0) is 4.57 Å².